The summed E-state index contributed by atoms with van der Waals surface area (Å²) in [4.78, 5) is 30.0. The van der Waals surface area contributed by atoms with Gasteiger partial charge in [0.1, 0.15) is 5.75 Å². The summed E-state index contributed by atoms with van der Waals surface area (Å²) < 4.78 is 5.27. The van der Waals surface area contributed by atoms with Crippen molar-refractivity contribution in [3.8, 4) is 5.75 Å². The van der Waals surface area contributed by atoms with Gasteiger partial charge in [-0.3, -0.25) is 9.59 Å². The molecule has 1 saturated carbocycles. The van der Waals surface area contributed by atoms with Gasteiger partial charge in [0.2, 0.25) is 11.8 Å². The molecular formula is C25H28N2O3. The predicted octanol–water partition coefficient (Wildman–Crippen LogP) is 3.40. The van der Waals surface area contributed by atoms with Crippen LogP contribution in [-0.4, -0.2) is 48.4 Å². The second-order valence-electron chi connectivity index (χ2n) is 8.97. The van der Waals surface area contributed by atoms with Crippen LogP contribution in [0.3, 0.4) is 0 Å². The monoisotopic (exact) mass is 404 g/mol. The molecule has 0 bridgehead atoms. The van der Waals surface area contributed by atoms with Crippen molar-refractivity contribution < 1.29 is 14.3 Å². The summed E-state index contributed by atoms with van der Waals surface area (Å²) in [6.07, 6.45) is 1.82. The van der Waals surface area contributed by atoms with E-state index in [2.05, 4.69) is 17.0 Å². The molecule has 3 aliphatic rings. The summed E-state index contributed by atoms with van der Waals surface area (Å²) in [6.45, 7) is 3.86. The Balaban J connectivity index is 1.37. The number of benzene rings is 2. The van der Waals surface area contributed by atoms with Crippen molar-refractivity contribution in [2.75, 3.05) is 26.7 Å². The van der Waals surface area contributed by atoms with Gasteiger partial charge in [-0.25, -0.2) is 0 Å². The maximum absolute atomic E-state index is 13.6. The highest BCUT2D eigenvalue weighted by atomic mass is 16.5. The number of carbonyl (C=O) groups is 2. The molecule has 1 aliphatic carbocycles. The van der Waals surface area contributed by atoms with Crippen molar-refractivity contribution in [1.29, 1.82) is 0 Å². The van der Waals surface area contributed by atoms with Gasteiger partial charge in [0.25, 0.3) is 0 Å². The fourth-order valence-corrected chi connectivity index (χ4v) is 5.58. The number of methoxy groups -OCH3 is 1. The Morgan fingerprint density at radius 2 is 1.67 bits per heavy atom. The Morgan fingerprint density at radius 1 is 0.967 bits per heavy atom. The van der Waals surface area contributed by atoms with Gasteiger partial charge in [-0.2, -0.15) is 0 Å². The van der Waals surface area contributed by atoms with E-state index in [9.17, 15) is 9.59 Å². The molecule has 5 heteroatoms. The van der Waals surface area contributed by atoms with E-state index >= 15 is 0 Å². The number of fused-ring (bicyclic) bond motifs is 1. The van der Waals surface area contributed by atoms with Crippen molar-refractivity contribution in [2.45, 2.75) is 31.2 Å². The summed E-state index contributed by atoms with van der Waals surface area (Å²) in [7, 11) is 1.66. The lowest BCUT2D eigenvalue weighted by molar-refractivity contribution is -0.133. The largest absolute Gasteiger partial charge is 0.497 e. The highest BCUT2D eigenvalue weighted by Crippen LogP contribution is 2.52. The van der Waals surface area contributed by atoms with E-state index in [-0.39, 0.29) is 23.3 Å². The fraction of sp³-hybridized carbons (Fsp3) is 0.440. The minimum absolute atomic E-state index is 0.0580. The Labute approximate surface area is 177 Å². The van der Waals surface area contributed by atoms with E-state index in [0.29, 0.717) is 11.8 Å². The fourth-order valence-electron chi connectivity index (χ4n) is 5.58. The van der Waals surface area contributed by atoms with E-state index in [4.69, 9.17) is 4.74 Å². The lowest BCUT2D eigenvalue weighted by Gasteiger charge is -2.30. The minimum Gasteiger partial charge on any atom is -0.497 e. The van der Waals surface area contributed by atoms with E-state index in [1.165, 1.54) is 5.56 Å². The van der Waals surface area contributed by atoms with Crippen LogP contribution in [0, 0.1) is 11.8 Å². The second kappa shape index (κ2) is 7.15. The third-order valence-electron chi connectivity index (χ3n) is 7.30. The van der Waals surface area contributed by atoms with Crippen molar-refractivity contribution in [2.24, 2.45) is 11.8 Å². The van der Waals surface area contributed by atoms with Gasteiger partial charge in [0, 0.05) is 38.4 Å². The number of ether oxygens (including phenoxy) is 1. The third-order valence-corrected chi connectivity index (χ3v) is 7.30. The molecular weight excluding hydrogens is 376 g/mol. The van der Waals surface area contributed by atoms with Crippen LogP contribution in [0.25, 0.3) is 0 Å². The quantitative estimate of drug-likeness (QED) is 0.785. The Hall–Kier alpha value is -2.82. The van der Waals surface area contributed by atoms with Gasteiger partial charge in [-0.05, 0) is 36.1 Å². The number of hydrogen-bond donors (Lipinski definition) is 0. The smallest absolute Gasteiger partial charge is 0.233 e. The average molecular weight is 405 g/mol. The molecule has 156 valence electrons. The normalized spacial score (nSPS) is 26.4. The van der Waals surface area contributed by atoms with Gasteiger partial charge < -0.3 is 14.5 Å². The van der Waals surface area contributed by atoms with Crippen LogP contribution in [0.1, 0.15) is 36.9 Å². The highest BCUT2D eigenvalue weighted by Gasteiger charge is 2.57. The molecule has 0 radical (unpaired) electrons. The third kappa shape index (κ3) is 2.99. The number of hydrogen-bond acceptors (Lipinski definition) is 3. The van der Waals surface area contributed by atoms with E-state index < -0.39 is 0 Å². The molecule has 2 aliphatic heterocycles. The van der Waals surface area contributed by atoms with Crippen LogP contribution in [-0.2, 0) is 15.0 Å². The number of likely N-dealkylation sites (tertiary alicyclic amines) is 2. The number of carbonyl (C=O) groups excluding carboxylic acids is 2. The van der Waals surface area contributed by atoms with Crippen LogP contribution >= 0.6 is 0 Å². The standard InChI is InChI=1S/C25H28N2O3/c1-17(28)27-15-19-14-26(16-22(19)23(27)18-6-4-3-5-7-18)24(29)25(12-13-25)20-8-10-21(30-2)11-9-20/h3-11,19,22-23H,12-16H2,1-2H3/t19-,22-,23-/m1/s1. The highest BCUT2D eigenvalue weighted by molar-refractivity contribution is 5.91. The molecule has 5 nitrogen and oxygen atoms in total. The van der Waals surface area contributed by atoms with Crippen molar-refractivity contribution >= 4 is 11.8 Å². The summed E-state index contributed by atoms with van der Waals surface area (Å²) in [5.41, 5.74) is 1.90. The molecule has 0 aromatic heterocycles. The maximum Gasteiger partial charge on any atom is 0.233 e. The zero-order chi connectivity index (χ0) is 20.9. The van der Waals surface area contributed by atoms with Crippen LogP contribution in [0.15, 0.2) is 54.6 Å². The number of nitrogens with zero attached hydrogens (tertiary/aromatic N) is 2. The van der Waals surface area contributed by atoms with Crippen LogP contribution < -0.4 is 4.74 Å². The Bertz CT molecular complexity index is 952. The second-order valence-corrected chi connectivity index (χ2v) is 8.97. The van der Waals surface area contributed by atoms with Crippen molar-refractivity contribution in [3.05, 3.63) is 65.7 Å². The lowest BCUT2D eigenvalue weighted by atomic mass is 9.89. The molecule has 2 aromatic rings. The first kappa shape index (κ1) is 19.2. The van der Waals surface area contributed by atoms with Gasteiger partial charge in [0.15, 0.2) is 0 Å². The summed E-state index contributed by atoms with van der Waals surface area (Å²) >= 11 is 0. The molecule has 5 rings (SSSR count). The summed E-state index contributed by atoms with van der Waals surface area (Å²) in [6, 6.07) is 18.3. The van der Waals surface area contributed by atoms with E-state index in [0.717, 1.165) is 43.8 Å². The molecule has 3 atom stereocenters. The van der Waals surface area contributed by atoms with Crippen LogP contribution in [0.5, 0.6) is 5.75 Å². The molecule has 2 saturated heterocycles. The summed E-state index contributed by atoms with van der Waals surface area (Å²) in [5, 5.41) is 0. The Kier molecular flexibility index (Phi) is 4.57. The maximum atomic E-state index is 13.6. The van der Waals surface area contributed by atoms with Crippen molar-refractivity contribution in [3.63, 3.8) is 0 Å². The first-order valence-corrected chi connectivity index (χ1v) is 10.8. The SMILES string of the molecule is COc1ccc(C2(C(=O)N3C[C@@H]4CN(C(C)=O)[C@H](c5ccccc5)[C@@H]4C3)CC2)cc1. The van der Waals surface area contributed by atoms with Crippen molar-refractivity contribution in [1.82, 2.24) is 9.80 Å². The van der Waals surface area contributed by atoms with Crippen LogP contribution in [0.2, 0.25) is 0 Å². The van der Waals surface area contributed by atoms with Gasteiger partial charge in [-0.1, -0.05) is 42.5 Å². The molecule has 0 unspecified atom stereocenters. The Morgan fingerprint density at radius 3 is 2.27 bits per heavy atom. The van der Waals surface area contributed by atoms with E-state index in [1.54, 1.807) is 14.0 Å². The van der Waals surface area contributed by atoms with Gasteiger partial charge in [-0.15, -0.1) is 0 Å². The van der Waals surface area contributed by atoms with E-state index in [1.807, 2.05) is 47.4 Å². The molecule has 0 N–H and O–H groups in total. The first-order chi connectivity index (χ1) is 14.5. The minimum atomic E-state index is -0.368. The molecule has 2 amide bonds. The lowest BCUT2D eigenvalue weighted by Crippen LogP contribution is -2.41. The predicted molar refractivity (Wildman–Crippen MR) is 114 cm³/mol. The molecule has 2 aromatic carbocycles. The molecule has 30 heavy (non-hydrogen) atoms. The molecule has 2 heterocycles. The number of rotatable bonds is 4. The molecule has 0 spiro atoms. The molecule has 3 fully saturated rings. The average Bonchev–Trinajstić information content (AvgIpc) is 3.35. The zero-order valence-electron chi connectivity index (χ0n) is 17.6. The first-order valence-electron chi connectivity index (χ1n) is 10.8. The number of amides is 2. The zero-order valence-corrected chi connectivity index (χ0v) is 17.6. The topological polar surface area (TPSA) is 49.9 Å². The van der Waals surface area contributed by atoms with Gasteiger partial charge in [0.05, 0.1) is 18.6 Å². The van der Waals surface area contributed by atoms with Gasteiger partial charge >= 0.3 is 0 Å². The summed E-state index contributed by atoms with van der Waals surface area (Å²) in [5.74, 6) is 1.82. The van der Waals surface area contributed by atoms with Crippen LogP contribution in [0.4, 0.5) is 0 Å².